The van der Waals surface area contributed by atoms with E-state index in [4.69, 9.17) is 0 Å². The predicted molar refractivity (Wildman–Crippen MR) is 80.5 cm³/mol. The molecule has 0 radical (unpaired) electrons. The van der Waals surface area contributed by atoms with Gasteiger partial charge in [0.25, 0.3) is 0 Å². The third-order valence-electron chi connectivity index (χ3n) is 3.86. The summed E-state index contributed by atoms with van der Waals surface area (Å²) in [6.07, 6.45) is 3.86. The minimum Gasteiger partial charge on any atom is -0.325 e. The van der Waals surface area contributed by atoms with Gasteiger partial charge in [0.15, 0.2) is 5.13 Å². The SMILES string of the molecule is O=C(Nc1nccs1)N1CCN(C(=O)N2CCCC2)CC1. The minimum absolute atomic E-state index is 0.118. The lowest BCUT2D eigenvalue weighted by atomic mass is 10.3. The third-order valence-corrected chi connectivity index (χ3v) is 4.55. The smallest absolute Gasteiger partial charge is 0.323 e. The predicted octanol–water partition coefficient (Wildman–Crippen LogP) is 1.51. The average Bonchev–Trinajstić information content (AvgIpc) is 3.20. The highest BCUT2D eigenvalue weighted by Gasteiger charge is 2.28. The summed E-state index contributed by atoms with van der Waals surface area (Å²) in [5.74, 6) is 0. The summed E-state index contributed by atoms with van der Waals surface area (Å²) in [4.78, 5) is 33.8. The zero-order valence-electron chi connectivity index (χ0n) is 11.8. The van der Waals surface area contributed by atoms with Gasteiger partial charge in [-0.25, -0.2) is 14.6 Å². The second kappa shape index (κ2) is 6.30. The van der Waals surface area contributed by atoms with Crippen LogP contribution in [0.4, 0.5) is 14.7 Å². The van der Waals surface area contributed by atoms with Crippen molar-refractivity contribution in [2.45, 2.75) is 12.8 Å². The van der Waals surface area contributed by atoms with Crippen LogP contribution in [0.3, 0.4) is 0 Å². The fourth-order valence-electron chi connectivity index (χ4n) is 2.66. The summed E-state index contributed by atoms with van der Waals surface area (Å²) in [6.45, 7) is 4.06. The van der Waals surface area contributed by atoms with Crippen molar-refractivity contribution in [3.05, 3.63) is 11.6 Å². The van der Waals surface area contributed by atoms with Crippen LogP contribution in [-0.4, -0.2) is 71.0 Å². The second-order valence-corrected chi connectivity index (χ2v) is 6.11. The van der Waals surface area contributed by atoms with E-state index in [-0.39, 0.29) is 12.1 Å². The highest BCUT2D eigenvalue weighted by Crippen LogP contribution is 2.14. The minimum atomic E-state index is -0.141. The van der Waals surface area contributed by atoms with E-state index in [1.165, 1.54) is 11.3 Å². The van der Waals surface area contributed by atoms with Gasteiger partial charge in [0.2, 0.25) is 0 Å². The summed E-state index contributed by atoms with van der Waals surface area (Å²) in [7, 11) is 0. The van der Waals surface area contributed by atoms with Gasteiger partial charge in [0.1, 0.15) is 0 Å². The number of nitrogens with one attached hydrogen (secondary N) is 1. The molecule has 2 saturated heterocycles. The van der Waals surface area contributed by atoms with Crippen molar-refractivity contribution in [1.82, 2.24) is 19.7 Å². The van der Waals surface area contributed by atoms with E-state index in [1.54, 1.807) is 11.1 Å². The standard InChI is InChI=1S/C13H19N5O2S/c19-12(15-11-14-3-10-21-11)16-6-8-18(9-7-16)13(20)17-4-1-2-5-17/h3,10H,1-2,4-9H2,(H,14,15,19). The van der Waals surface area contributed by atoms with Crippen LogP contribution >= 0.6 is 11.3 Å². The van der Waals surface area contributed by atoms with E-state index in [9.17, 15) is 9.59 Å². The van der Waals surface area contributed by atoms with Crippen molar-refractivity contribution >= 4 is 28.5 Å². The molecule has 2 aliphatic heterocycles. The van der Waals surface area contributed by atoms with Gasteiger partial charge in [-0.05, 0) is 12.8 Å². The number of rotatable bonds is 1. The zero-order chi connectivity index (χ0) is 14.7. The van der Waals surface area contributed by atoms with Crippen LogP contribution in [0.1, 0.15) is 12.8 Å². The normalized spacial score (nSPS) is 19.0. The van der Waals surface area contributed by atoms with Gasteiger partial charge in [-0.2, -0.15) is 0 Å². The molecular weight excluding hydrogens is 290 g/mol. The lowest BCUT2D eigenvalue weighted by Crippen LogP contribution is -2.54. The van der Waals surface area contributed by atoms with Gasteiger partial charge in [-0.15, -0.1) is 11.3 Å². The molecule has 1 N–H and O–H groups in total. The van der Waals surface area contributed by atoms with Crippen LogP contribution in [0.15, 0.2) is 11.6 Å². The van der Waals surface area contributed by atoms with Gasteiger partial charge in [-0.3, -0.25) is 5.32 Å². The number of thiazole rings is 1. The molecule has 0 atom stereocenters. The van der Waals surface area contributed by atoms with Crippen LogP contribution in [0, 0.1) is 0 Å². The highest BCUT2D eigenvalue weighted by atomic mass is 32.1. The van der Waals surface area contributed by atoms with Crippen LogP contribution in [0.5, 0.6) is 0 Å². The van der Waals surface area contributed by atoms with E-state index in [0.717, 1.165) is 25.9 Å². The fourth-order valence-corrected chi connectivity index (χ4v) is 3.18. The van der Waals surface area contributed by atoms with Crippen molar-refractivity contribution in [2.24, 2.45) is 0 Å². The largest absolute Gasteiger partial charge is 0.325 e. The Morgan fingerprint density at radius 3 is 2.24 bits per heavy atom. The number of carbonyl (C=O) groups is 2. The Bertz CT molecular complexity index is 493. The Labute approximate surface area is 127 Å². The number of amides is 4. The van der Waals surface area contributed by atoms with E-state index < -0.39 is 0 Å². The first kappa shape index (κ1) is 14.1. The number of urea groups is 2. The number of aromatic nitrogens is 1. The van der Waals surface area contributed by atoms with Crippen molar-refractivity contribution < 1.29 is 9.59 Å². The molecule has 0 saturated carbocycles. The monoisotopic (exact) mass is 309 g/mol. The van der Waals surface area contributed by atoms with Crippen molar-refractivity contribution in [3.63, 3.8) is 0 Å². The molecule has 1 aromatic heterocycles. The summed E-state index contributed by atoms with van der Waals surface area (Å²) < 4.78 is 0. The molecule has 0 unspecified atom stereocenters. The van der Waals surface area contributed by atoms with Crippen molar-refractivity contribution in [1.29, 1.82) is 0 Å². The Balaban J connectivity index is 1.48. The Hall–Kier alpha value is -1.83. The van der Waals surface area contributed by atoms with Gasteiger partial charge < -0.3 is 14.7 Å². The van der Waals surface area contributed by atoms with E-state index in [0.29, 0.717) is 31.3 Å². The number of hydrogen-bond donors (Lipinski definition) is 1. The molecule has 0 aromatic carbocycles. The molecule has 0 bridgehead atoms. The number of hydrogen-bond acceptors (Lipinski definition) is 4. The van der Waals surface area contributed by atoms with Crippen LogP contribution in [0.25, 0.3) is 0 Å². The lowest BCUT2D eigenvalue weighted by molar-refractivity contribution is 0.128. The van der Waals surface area contributed by atoms with Crippen LogP contribution in [0.2, 0.25) is 0 Å². The lowest BCUT2D eigenvalue weighted by Gasteiger charge is -2.36. The molecule has 21 heavy (non-hydrogen) atoms. The number of piperazine rings is 1. The fraction of sp³-hybridized carbons (Fsp3) is 0.615. The van der Waals surface area contributed by atoms with Gasteiger partial charge in [0, 0.05) is 50.8 Å². The molecule has 4 amide bonds. The zero-order valence-corrected chi connectivity index (χ0v) is 12.6. The number of anilines is 1. The number of nitrogens with zero attached hydrogens (tertiary/aromatic N) is 4. The Morgan fingerprint density at radius 2 is 1.62 bits per heavy atom. The molecule has 3 rings (SSSR count). The molecule has 7 nitrogen and oxygen atoms in total. The summed E-state index contributed by atoms with van der Waals surface area (Å²) >= 11 is 1.40. The number of likely N-dealkylation sites (tertiary alicyclic amines) is 1. The molecule has 2 fully saturated rings. The maximum Gasteiger partial charge on any atom is 0.323 e. The van der Waals surface area contributed by atoms with Crippen LogP contribution in [-0.2, 0) is 0 Å². The second-order valence-electron chi connectivity index (χ2n) is 5.22. The third kappa shape index (κ3) is 3.26. The topological polar surface area (TPSA) is 68.8 Å². The highest BCUT2D eigenvalue weighted by molar-refractivity contribution is 7.13. The first-order chi connectivity index (χ1) is 10.2. The van der Waals surface area contributed by atoms with E-state index in [2.05, 4.69) is 10.3 Å². The molecule has 3 heterocycles. The summed E-state index contributed by atoms with van der Waals surface area (Å²) in [6, 6.07) is -0.0225. The average molecular weight is 309 g/mol. The molecule has 8 heteroatoms. The summed E-state index contributed by atoms with van der Waals surface area (Å²) in [5, 5.41) is 5.20. The molecule has 0 spiro atoms. The van der Waals surface area contributed by atoms with E-state index >= 15 is 0 Å². The van der Waals surface area contributed by atoms with Gasteiger partial charge in [0.05, 0.1) is 0 Å². The molecule has 2 aliphatic rings. The Morgan fingerprint density at radius 1 is 1.00 bits per heavy atom. The molecule has 1 aromatic rings. The van der Waals surface area contributed by atoms with Crippen molar-refractivity contribution in [2.75, 3.05) is 44.6 Å². The quantitative estimate of drug-likeness (QED) is 0.855. The van der Waals surface area contributed by atoms with Crippen molar-refractivity contribution in [3.8, 4) is 0 Å². The molecular formula is C13H19N5O2S. The maximum absolute atomic E-state index is 12.3. The van der Waals surface area contributed by atoms with E-state index in [1.807, 2.05) is 15.2 Å². The van der Waals surface area contributed by atoms with Crippen LogP contribution < -0.4 is 5.32 Å². The van der Waals surface area contributed by atoms with Gasteiger partial charge in [-0.1, -0.05) is 0 Å². The summed E-state index contributed by atoms with van der Waals surface area (Å²) in [5.41, 5.74) is 0. The maximum atomic E-state index is 12.3. The molecule has 0 aliphatic carbocycles. The Kier molecular flexibility index (Phi) is 4.23. The first-order valence-corrected chi connectivity index (χ1v) is 8.11. The first-order valence-electron chi connectivity index (χ1n) is 7.23. The van der Waals surface area contributed by atoms with Gasteiger partial charge >= 0.3 is 12.1 Å². The molecule has 114 valence electrons. The number of carbonyl (C=O) groups excluding carboxylic acids is 2.